The molecular formula is C10H13N3O3. The normalized spacial score (nSPS) is 23.6. The summed E-state index contributed by atoms with van der Waals surface area (Å²) in [7, 11) is 0. The molecule has 2 N–H and O–H groups in total. The smallest absolute Gasteiger partial charge is 0.274 e. The van der Waals surface area contributed by atoms with Crippen molar-refractivity contribution in [3.63, 3.8) is 0 Å². The molecule has 1 aliphatic rings. The van der Waals surface area contributed by atoms with Crippen molar-refractivity contribution in [1.29, 1.82) is 0 Å². The second-order valence-electron chi connectivity index (χ2n) is 4.03. The van der Waals surface area contributed by atoms with Gasteiger partial charge in [0.25, 0.3) is 5.69 Å². The van der Waals surface area contributed by atoms with Gasteiger partial charge in [0.2, 0.25) is 0 Å². The van der Waals surface area contributed by atoms with Crippen molar-refractivity contribution in [2.45, 2.75) is 18.9 Å². The molecule has 2 rings (SSSR count). The fourth-order valence-electron chi connectivity index (χ4n) is 1.75. The largest absolute Gasteiger partial charge is 0.393 e. The standard InChI is InChI=1S/C10H13N3O3/c14-9-3-7(4-9)6-12-10-5-8(13(15)16)1-2-11-10/h1-2,5,7,9,14H,3-4,6H2,(H,11,12). The predicted molar refractivity (Wildman–Crippen MR) is 58.1 cm³/mol. The van der Waals surface area contributed by atoms with Crippen LogP contribution in [0.1, 0.15) is 12.8 Å². The van der Waals surface area contributed by atoms with E-state index in [1.165, 1.54) is 18.3 Å². The van der Waals surface area contributed by atoms with E-state index in [-0.39, 0.29) is 11.8 Å². The van der Waals surface area contributed by atoms with Crippen molar-refractivity contribution in [2.24, 2.45) is 5.92 Å². The summed E-state index contributed by atoms with van der Waals surface area (Å²) in [6.45, 7) is 0.700. The van der Waals surface area contributed by atoms with Crippen LogP contribution < -0.4 is 5.32 Å². The molecule has 0 atom stereocenters. The molecule has 0 aromatic carbocycles. The minimum Gasteiger partial charge on any atom is -0.393 e. The molecule has 0 aliphatic heterocycles. The zero-order valence-electron chi connectivity index (χ0n) is 8.67. The second kappa shape index (κ2) is 4.44. The molecule has 86 valence electrons. The summed E-state index contributed by atoms with van der Waals surface area (Å²) in [5.41, 5.74) is 0.0335. The van der Waals surface area contributed by atoms with Crippen LogP contribution in [0.2, 0.25) is 0 Å². The van der Waals surface area contributed by atoms with Gasteiger partial charge in [0.05, 0.1) is 17.1 Å². The van der Waals surface area contributed by atoms with E-state index in [1.807, 2.05) is 0 Å². The van der Waals surface area contributed by atoms with E-state index in [2.05, 4.69) is 10.3 Å². The number of hydrogen-bond acceptors (Lipinski definition) is 5. The Labute approximate surface area is 92.5 Å². The number of aliphatic hydroxyl groups is 1. The van der Waals surface area contributed by atoms with Crippen LogP contribution in [0, 0.1) is 16.0 Å². The molecule has 0 amide bonds. The highest BCUT2D eigenvalue weighted by atomic mass is 16.6. The lowest BCUT2D eigenvalue weighted by Crippen LogP contribution is -2.33. The van der Waals surface area contributed by atoms with Gasteiger partial charge in [-0.3, -0.25) is 10.1 Å². The van der Waals surface area contributed by atoms with Gasteiger partial charge in [0.15, 0.2) is 0 Å². The first kappa shape index (κ1) is 10.8. The summed E-state index contributed by atoms with van der Waals surface area (Å²) in [4.78, 5) is 14.1. The number of pyridine rings is 1. The SMILES string of the molecule is O=[N+]([O-])c1ccnc(NCC2CC(O)C2)c1. The van der Waals surface area contributed by atoms with Crippen LogP contribution in [-0.4, -0.2) is 27.7 Å². The Hall–Kier alpha value is -1.69. The zero-order chi connectivity index (χ0) is 11.5. The van der Waals surface area contributed by atoms with E-state index >= 15 is 0 Å². The zero-order valence-corrected chi connectivity index (χ0v) is 8.67. The van der Waals surface area contributed by atoms with Gasteiger partial charge in [-0.2, -0.15) is 0 Å². The molecule has 1 aliphatic carbocycles. The van der Waals surface area contributed by atoms with Crippen LogP contribution in [0.4, 0.5) is 11.5 Å². The van der Waals surface area contributed by atoms with Gasteiger partial charge < -0.3 is 10.4 Å². The highest BCUT2D eigenvalue weighted by molar-refractivity contribution is 5.44. The number of nitrogens with one attached hydrogen (secondary N) is 1. The van der Waals surface area contributed by atoms with Crippen LogP contribution in [-0.2, 0) is 0 Å². The van der Waals surface area contributed by atoms with Gasteiger partial charge in [0, 0.05) is 18.8 Å². The monoisotopic (exact) mass is 223 g/mol. The van der Waals surface area contributed by atoms with Crippen molar-refractivity contribution < 1.29 is 10.0 Å². The molecule has 6 nitrogen and oxygen atoms in total. The minimum absolute atomic E-state index is 0.0335. The number of nitrogens with zero attached hydrogens (tertiary/aromatic N) is 2. The number of anilines is 1. The highest BCUT2D eigenvalue weighted by Crippen LogP contribution is 2.27. The lowest BCUT2D eigenvalue weighted by molar-refractivity contribution is -0.384. The Bertz CT molecular complexity index is 391. The lowest BCUT2D eigenvalue weighted by atomic mass is 9.82. The number of nitro groups is 1. The van der Waals surface area contributed by atoms with E-state index < -0.39 is 4.92 Å². The molecule has 0 unspecified atom stereocenters. The van der Waals surface area contributed by atoms with Crippen LogP contribution in [0.5, 0.6) is 0 Å². The van der Waals surface area contributed by atoms with Gasteiger partial charge >= 0.3 is 0 Å². The van der Waals surface area contributed by atoms with Crippen LogP contribution in [0.3, 0.4) is 0 Å². The average Bonchev–Trinajstić information content (AvgIpc) is 2.23. The first-order valence-corrected chi connectivity index (χ1v) is 5.17. The fraction of sp³-hybridized carbons (Fsp3) is 0.500. The third-order valence-corrected chi connectivity index (χ3v) is 2.74. The molecule has 6 heteroatoms. The average molecular weight is 223 g/mol. The number of aliphatic hydroxyl groups excluding tert-OH is 1. The third kappa shape index (κ3) is 2.46. The summed E-state index contributed by atoms with van der Waals surface area (Å²) in [5.74, 6) is 0.951. The van der Waals surface area contributed by atoms with Gasteiger partial charge in [-0.1, -0.05) is 0 Å². The molecule has 0 radical (unpaired) electrons. The van der Waals surface area contributed by atoms with E-state index in [0.717, 1.165) is 12.8 Å². The first-order chi connectivity index (χ1) is 7.65. The van der Waals surface area contributed by atoms with Gasteiger partial charge in [-0.05, 0) is 18.8 Å². The van der Waals surface area contributed by atoms with Gasteiger partial charge in [-0.15, -0.1) is 0 Å². The van der Waals surface area contributed by atoms with Crippen molar-refractivity contribution >= 4 is 11.5 Å². The summed E-state index contributed by atoms with van der Waals surface area (Å²) in [6.07, 6.45) is 2.82. The summed E-state index contributed by atoms with van der Waals surface area (Å²) < 4.78 is 0. The van der Waals surface area contributed by atoms with Crippen molar-refractivity contribution in [3.05, 3.63) is 28.4 Å². The topological polar surface area (TPSA) is 88.3 Å². The molecule has 1 heterocycles. The predicted octanol–water partition coefficient (Wildman–Crippen LogP) is 1.17. The summed E-state index contributed by atoms with van der Waals surface area (Å²) >= 11 is 0. The molecule has 1 aromatic rings. The Morgan fingerprint density at radius 3 is 3.00 bits per heavy atom. The van der Waals surface area contributed by atoms with E-state index in [0.29, 0.717) is 18.3 Å². The first-order valence-electron chi connectivity index (χ1n) is 5.17. The maximum absolute atomic E-state index is 10.5. The number of rotatable bonds is 4. The van der Waals surface area contributed by atoms with Crippen molar-refractivity contribution in [1.82, 2.24) is 4.98 Å². The van der Waals surface area contributed by atoms with Gasteiger partial charge in [-0.25, -0.2) is 4.98 Å². The Balaban J connectivity index is 1.89. The highest BCUT2D eigenvalue weighted by Gasteiger charge is 2.26. The third-order valence-electron chi connectivity index (χ3n) is 2.74. The molecule has 0 spiro atoms. The minimum atomic E-state index is -0.444. The van der Waals surface area contributed by atoms with Crippen molar-refractivity contribution in [2.75, 3.05) is 11.9 Å². The van der Waals surface area contributed by atoms with E-state index in [1.54, 1.807) is 0 Å². The second-order valence-corrected chi connectivity index (χ2v) is 4.03. The molecule has 1 saturated carbocycles. The Kier molecular flexibility index (Phi) is 3.00. The molecule has 0 bridgehead atoms. The Morgan fingerprint density at radius 2 is 2.38 bits per heavy atom. The van der Waals surface area contributed by atoms with Gasteiger partial charge in [0.1, 0.15) is 5.82 Å². The molecule has 0 saturated heterocycles. The molecule has 1 fully saturated rings. The molecule has 16 heavy (non-hydrogen) atoms. The quantitative estimate of drug-likeness (QED) is 0.591. The van der Waals surface area contributed by atoms with Crippen LogP contribution in [0.25, 0.3) is 0 Å². The number of hydrogen-bond donors (Lipinski definition) is 2. The van der Waals surface area contributed by atoms with Crippen LogP contribution in [0.15, 0.2) is 18.3 Å². The summed E-state index contributed by atoms with van der Waals surface area (Å²) in [5, 5.41) is 22.7. The fourth-order valence-corrected chi connectivity index (χ4v) is 1.75. The maximum Gasteiger partial charge on any atom is 0.274 e. The lowest BCUT2D eigenvalue weighted by Gasteiger charge is -2.31. The van der Waals surface area contributed by atoms with E-state index in [9.17, 15) is 10.1 Å². The van der Waals surface area contributed by atoms with E-state index in [4.69, 9.17) is 5.11 Å². The number of aromatic nitrogens is 1. The molecule has 1 aromatic heterocycles. The van der Waals surface area contributed by atoms with Crippen molar-refractivity contribution in [3.8, 4) is 0 Å². The Morgan fingerprint density at radius 1 is 1.62 bits per heavy atom. The summed E-state index contributed by atoms with van der Waals surface area (Å²) in [6, 6.07) is 2.77. The maximum atomic E-state index is 10.5. The molecular weight excluding hydrogens is 210 g/mol. The van der Waals surface area contributed by atoms with Crippen LogP contribution >= 0.6 is 0 Å².